The van der Waals surface area contributed by atoms with Gasteiger partial charge in [-0.1, -0.05) is 42.0 Å². The molecule has 1 fully saturated rings. The van der Waals surface area contributed by atoms with Gasteiger partial charge in [0.2, 0.25) is 0 Å². The van der Waals surface area contributed by atoms with Crippen molar-refractivity contribution in [2.75, 3.05) is 20.3 Å². The van der Waals surface area contributed by atoms with E-state index in [0.29, 0.717) is 24.4 Å². The topological polar surface area (TPSA) is 35.5 Å². The number of hydrogen-bond acceptors (Lipinski definition) is 3. The van der Waals surface area contributed by atoms with E-state index in [1.54, 1.807) is 7.11 Å². The van der Waals surface area contributed by atoms with Crippen LogP contribution in [0.4, 0.5) is 0 Å². The number of carbonyl (C=O) groups is 1. The van der Waals surface area contributed by atoms with Gasteiger partial charge in [0.05, 0.1) is 20.3 Å². The first-order chi connectivity index (χ1) is 11.7. The Hall–Kier alpha value is -2.65. The van der Waals surface area contributed by atoms with Crippen LogP contribution in [0.1, 0.15) is 16.7 Å². The lowest BCUT2D eigenvalue weighted by atomic mass is 9.97. The third-order valence-corrected chi connectivity index (χ3v) is 3.92. The van der Waals surface area contributed by atoms with Gasteiger partial charge in [0.1, 0.15) is 5.75 Å². The molecule has 1 aliphatic heterocycles. The van der Waals surface area contributed by atoms with Crippen molar-refractivity contribution in [1.29, 1.82) is 0 Å². The molecule has 2 aromatic rings. The van der Waals surface area contributed by atoms with Gasteiger partial charge in [0, 0.05) is 11.1 Å². The quantitative estimate of drug-likeness (QED) is 0.800. The molecular weight excluding hydrogens is 300 g/mol. The summed E-state index contributed by atoms with van der Waals surface area (Å²) in [6.45, 7) is 2.72. The van der Waals surface area contributed by atoms with Crippen LogP contribution in [-0.4, -0.2) is 26.1 Å². The summed E-state index contributed by atoms with van der Waals surface area (Å²) in [5.41, 5.74) is 4.46. The van der Waals surface area contributed by atoms with Crippen LogP contribution in [0.3, 0.4) is 0 Å². The highest BCUT2D eigenvalue weighted by Crippen LogP contribution is 2.22. The highest BCUT2D eigenvalue weighted by molar-refractivity contribution is 6.14. The number of hydrogen-bond donors (Lipinski definition) is 0. The molecule has 0 spiro atoms. The summed E-state index contributed by atoms with van der Waals surface area (Å²) >= 11 is 0. The Morgan fingerprint density at radius 2 is 1.58 bits per heavy atom. The first-order valence-corrected chi connectivity index (χ1v) is 7.90. The third kappa shape index (κ3) is 3.81. The Morgan fingerprint density at radius 3 is 2.21 bits per heavy atom. The minimum Gasteiger partial charge on any atom is -0.497 e. The molecule has 1 saturated heterocycles. The molecule has 1 aliphatic rings. The number of carbonyl (C=O) groups excluding carboxylic acids is 1. The molecule has 0 N–H and O–H groups in total. The molecule has 2 aromatic carbocycles. The van der Waals surface area contributed by atoms with Crippen LogP contribution in [0.2, 0.25) is 0 Å². The van der Waals surface area contributed by atoms with Crippen LogP contribution >= 0.6 is 0 Å². The maximum absolute atomic E-state index is 12.7. The molecular formula is C21H20O3. The summed E-state index contributed by atoms with van der Waals surface area (Å²) in [4.78, 5) is 12.7. The van der Waals surface area contributed by atoms with Crippen molar-refractivity contribution in [1.82, 2.24) is 0 Å². The second-order valence-corrected chi connectivity index (χ2v) is 5.85. The van der Waals surface area contributed by atoms with E-state index in [4.69, 9.17) is 9.47 Å². The van der Waals surface area contributed by atoms with E-state index in [9.17, 15) is 4.79 Å². The molecule has 0 saturated carbocycles. The molecule has 0 aliphatic carbocycles. The van der Waals surface area contributed by atoms with Gasteiger partial charge in [0.25, 0.3) is 0 Å². The fraction of sp³-hybridized carbons (Fsp3) is 0.190. The maximum Gasteiger partial charge on any atom is 0.189 e. The second-order valence-electron chi connectivity index (χ2n) is 5.85. The Labute approximate surface area is 142 Å². The van der Waals surface area contributed by atoms with Crippen molar-refractivity contribution in [3.8, 4) is 5.75 Å². The number of rotatable bonds is 3. The Morgan fingerprint density at radius 1 is 0.958 bits per heavy atom. The zero-order chi connectivity index (χ0) is 16.9. The number of methoxy groups -OCH3 is 1. The maximum atomic E-state index is 12.7. The highest BCUT2D eigenvalue weighted by Gasteiger charge is 2.21. The molecule has 0 amide bonds. The number of aryl methyl sites for hydroxylation is 1. The SMILES string of the molecule is COc1cccc(/C=C2\COC/C(=C\c3cccc(C)c3)C2=O)c1. The van der Waals surface area contributed by atoms with E-state index in [1.807, 2.05) is 61.5 Å². The van der Waals surface area contributed by atoms with Crippen LogP contribution in [0.25, 0.3) is 12.2 Å². The molecule has 0 bridgehead atoms. The molecule has 3 nitrogen and oxygen atoms in total. The molecule has 0 aromatic heterocycles. The van der Waals surface area contributed by atoms with Crippen molar-refractivity contribution in [3.05, 3.63) is 76.4 Å². The van der Waals surface area contributed by atoms with E-state index in [2.05, 4.69) is 6.07 Å². The summed E-state index contributed by atoms with van der Waals surface area (Å²) < 4.78 is 10.8. The Bertz CT molecular complexity index is 815. The summed E-state index contributed by atoms with van der Waals surface area (Å²) in [5.74, 6) is 0.814. The lowest BCUT2D eigenvalue weighted by Crippen LogP contribution is -2.21. The van der Waals surface area contributed by atoms with Gasteiger partial charge >= 0.3 is 0 Å². The molecule has 0 unspecified atom stereocenters. The van der Waals surface area contributed by atoms with Gasteiger partial charge in [-0.3, -0.25) is 4.79 Å². The number of ether oxygens (including phenoxy) is 2. The van der Waals surface area contributed by atoms with Crippen LogP contribution in [0.15, 0.2) is 59.7 Å². The average molecular weight is 320 g/mol. The highest BCUT2D eigenvalue weighted by atomic mass is 16.5. The van der Waals surface area contributed by atoms with Crippen molar-refractivity contribution < 1.29 is 14.3 Å². The number of Topliss-reactive ketones (excluding diaryl/α,β-unsaturated/α-hetero) is 1. The van der Waals surface area contributed by atoms with E-state index in [0.717, 1.165) is 16.9 Å². The van der Waals surface area contributed by atoms with Crippen LogP contribution < -0.4 is 4.74 Å². The standard InChI is InChI=1S/C21H20O3/c1-15-5-3-6-16(9-15)10-18-13-24-14-19(21(18)22)11-17-7-4-8-20(12-17)23-2/h3-12H,13-14H2,1-2H3/b18-10+,19-11+. The Balaban J connectivity index is 1.88. The van der Waals surface area contributed by atoms with E-state index in [-0.39, 0.29) is 5.78 Å². The third-order valence-electron chi connectivity index (χ3n) is 3.92. The summed E-state index contributed by atoms with van der Waals surface area (Å²) in [6, 6.07) is 15.7. The minimum absolute atomic E-state index is 0.0468. The van der Waals surface area contributed by atoms with Crippen LogP contribution in [0.5, 0.6) is 5.75 Å². The molecule has 122 valence electrons. The summed E-state index contributed by atoms with van der Waals surface area (Å²) in [6.07, 6.45) is 3.78. The van der Waals surface area contributed by atoms with Crippen molar-refractivity contribution in [2.24, 2.45) is 0 Å². The predicted octanol–water partition coefficient (Wildman–Crippen LogP) is 4.07. The molecule has 24 heavy (non-hydrogen) atoms. The first kappa shape index (κ1) is 16.2. The number of ketones is 1. The van der Waals surface area contributed by atoms with E-state index < -0.39 is 0 Å². The number of benzene rings is 2. The van der Waals surface area contributed by atoms with Gasteiger partial charge in [-0.15, -0.1) is 0 Å². The largest absolute Gasteiger partial charge is 0.497 e. The minimum atomic E-state index is 0.0468. The summed E-state index contributed by atoms with van der Waals surface area (Å²) in [7, 11) is 1.63. The predicted molar refractivity (Wildman–Crippen MR) is 96.0 cm³/mol. The summed E-state index contributed by atoms with van der Waals surface area (Å²) in [5, 5.41) is 0. The van der Waals surface area contributed by atoms with Crippen LogP contribution in [-0.2, 0) is 9.53 Å². The lowest BCUT2D eigenvalue weighted by Gasteiger charge is -2.17. The van der Waals surface area contributed by atoms with Crippen molar-refractivity contribution >= 4 is 17.9 Å². The van der Waals surface area contributed by atoms with Crippen molar-refractivity contribution in [3.63, 3.8) is 0 Å². The lowest BCUT2D eigenvalue weighted by molar-refractivity contribution is -0.114. The normalized spacial score (nSPS) is 18.2. The van der Waals surface area contributed by atoms with Gasteiger partial charge in [-0.2, -0.15) is 0 Å². The Kier molecular flexibility index (Phi) is 4.92. The van der Waals surface area contributed by atoms with Crippen molar-refractivity contribution in [2.45, 2.75) is 6.92 Å². The fourth-order valence-electron chi connectivity index (χ4n) is 2.72. The molecule has 3 rings (SSSR count). The first-order valence-electron chi connectivity index (χ1n) is 7.90. The molecule has 3 heteroatoms. The van der Waals surface area contributed by atoms with Gasteiger partial charge in [0.15, 0.2) is 5.78 Å². The van der Waals surface area contributed by atoms with Gasteiger partial charge < -0.3 is 9.47 Å². The van der Waals surface area contributed by atoms with Gasteiger partial charge in [-0.25, -0.2) is 0 Å². The van der Waals surface area contributed by atoms with Crippen LogP contribution in [0, 0.1) is 6.92 Å². The molecule has 1 heterocycles. The molecule has 0 atom stereocenters. The smallest absolute Gasteiger partial charge is 0.189 e. The zero-order valence-corrected chi connectivity index (χ0v) is 13.9. The molecule has 0 radical (unpaired) electrons. The fourth-order valence-corrected chi connectivity index (χ4v) is 2.72. The van der Waals surface area contributed by atoms with E-state index >= 15 is 0 Å². The second kappa shape index (κ2) is 7.28. The average Bonchev–Trinajstić information content (AvgIpc) is 2.59. The van der Waals surface area contributed by atoms with E-state index in [1.165, 1.54) is 5.56 Å². The monoisotopic (exact) mass is 320 g/mol. The zero-order valence-electron chi connectivity index (χ0n) is 13.9. The van der Waals surface area contributed by atoms with Gasteiger partial charge in [-0.05, 0) is 42.3 Å².